The number of ether oxygens (including phenoxy) is 1. The number of aryl methyl sites for hydroxylation is 1. The third kappa shape index (κ3) is 4.41. The van der Waals surface area contributed by atoms with Crippen LogP contribution in [0.25, 0.3) is 0 Å². The second-order valence-corrected chi connectivity index (χ2v) is 7.46. The van der Waals surface area contributed by atoms with Crippen molar-refractivity contribution in [3.8, 4) is 5.88 Å². The summed E-state index contributed by atoms with van der Waals surface area (Å²) in [6, 6.07) is 5.56. The number of carbonyl (C=O) groups excluding carboxylic acids is 1. The summed E-state index contributed by atoms with van der Waals surface area (Å²) in [6.07, 6.45) is 4.00. The van der Waals surface area contributed by atoms with E-state index in [1.54, 1.807) is 18.3 Å². The molecule has 0 aromatic carbocycles. The zero-order chi connectivity index (χ0) is 20.2. The molecule has 0 saturated carbocycles. The third-order valence-electron chi connectivity index (χ3n) is 5.38. The monoisotopic (exact) mass is 396 g/mol. The Morgan fingerprint density at radius 2 is 1.79 bits per heavy atom. The number of pyridine rings is 1. The Morgan fingerprint density at radius 1 is 1.03 bits per heavy atom. The summed E-state index contributed by atoms with van der Waals surface area (Å²) in [5, 5.41) is 0. The Morgan fingerprint density at radius 3 is 2.45 bits per heavy atom. The van der Waals surface area contributed by atoms with E-state index < -0.39 is 0 Å². The van der Waals surface area contributed by atoms with Gasteiger partial charge in [-0.05, 0) is 32.8 Å². The van der Waals surface area contributed by atoms with Gasteiger partial charge in [-0.25, -0.2) is 9.97 Å². The average Bonchev–Trinajstić information content (AvgIpc) is 3.29. The van der Waals surface area contributed by atoms with E-state index in [0.717, 1.165) is 43.6 Å². The summed E-state index contributed by atoms with van der Waals surface area (Å²) in [7, 11) is 0. The van der Waals surface area contributed by atoms with Crippen LogP contribution in [0.5, 0.6) is 5.88 Å². The van der Waals surface area contributed by atoms with Crippen LogP contribution in [0.2, 0.25) is 0 Å². The first-order valence-corrected chi connectivity index (χ1v) is 10.4. The molecular weight excluding hydrogens is 368 g/mol. The van der Waals surface area contributed by atoms with Crippen LogP contribution in [0.4, 0.5) is 11.8 Å². The van der Waals surface area contributed by atoms with Gasteiger partial charge in [0.05, 0.1) is 12.2 Å². The highest BCUT2D eigenvalue weighted by atomic mass is 16.5. The Hall–Kier alpha value is -2.90. The summed E-state index contributed by atoms with van der Waals surface area (Å²) < 4.78 is 5.35. The molecule has 2 fully saturated rings. The number of nitrogens with zero attached hydrogens (tertiary/aromatic N) is 6. The van der Waals surface area contributed by atoms with Gasteiger partial charge in [-0.15, -0.1) is 0 Å². The summed E-state index contributed by atoms with van der Waals surface area (Å²) in [4.78, 5) is 32.8. The van der Waals surface area contributed by atoms with Crippen molar-refractivity contribution in [1.29, 1.82) is 0 Å². The standard InChI is InChI=1S/C21H28N6O2/c1-3-29-19-7-6-17(15-22-19)20(28)26-12-10-25(11-13-26)18-14-16(2)23-21(24-18)27-8-4-5-9-27/h6-7,14-15H,3-5,8-13H2,1-2H3. The van der Waals surface area contributed by atoms with Crippen LogP contribution in [-0.4, -0.2) is 71.6 Å². The second-order valence-electron chi connectivity index (χ2n) is 7.46. The first-order valence-electron chi connectivity index (χ1n) is 10.4. The Balaban J connectivity index is 1.39. The van der Waals surface area contributed by atoms with Crippen LogP contribution >= 0.6 is 0 Å². The maximum Gasteiger partial charge on any atom is 0.255 e. The highest BCUT2D eigenvalue weighted by Gasteiger charge is 2.24. The van der Waals surface area contributed by atoms with E-state index in [1.165, 1.54) is 12.8 Å². The molecule has 0 spiro atoms. The molecular formula is C21H28N6O2. The van der Waals surface area contributed by atoms with Gasteiger partial charge in [0.15, 0.2) is 0 Å². The number of piperazine rings is 1. The molecule has 8 nitrogen and oxygen atoms in total. The lowest BCUT2D eigenvalue weighted by molar-refractivity contribution is 0.0746. The van der Waals surface area contributed by atoms with E-state index in [9.17, 15) is 4.79 Å². The number of carbonyl (C=O) groups is 1. The zero-order valence-electron chi connectivity index (χ0n) is 17.2. The number of aromatic nitrogens is 3. The summed E-state index contributed by atoms with van der Waals surface area (Å²) in [5.74, 6) is 2.34. The van der Waals surface area contributed by atoms with Crippen LogP contribution in [0.15, 0.2) is 24.4 Å². The Bertz CT molecular complexity index is 843. The van der Waals surface area contributed by atoms with Crippen LogP contribution in [0.3, 0.4) is 0 Å². The van der Waals surface area contributed by atoms with Gasteiger partial charge in [-0.1, -0.05) is 0 Å². The summed E-state index contributed by atoms with van der Waals surface area (Å²) >= 11 is 0. The Labute approximate surface area is 171 Å². The molecule has 2 saturated heterocycles. The minimum absolute atomic E-state index is 0.0109. The molecule has 154 valence electrons. The smallest absolute Gasteiger partial charge is 0.255 e. The molecule has 0 bridgehead atoms. The molecule has 0 atom stereocenters. The first kappa shape index (κ1) is 19.4. The fourth-order valence-electron chi connectivity index (χ4n) is 3.82. The average molecular weight is 396 g/mol. The topological polar surface area (TPSA) is 74.7 Å². The number of rotatable bonds is 5. The molecule has 0 unspecified atom stereocenters. The molecule has 0 N–H and O–H groups in total. The molecule has 0 radical (unpaired) electrons. The molecule has 29 heavy (non-hydrogen) atoms. The van der Waals surface area contributed by atoms with E-state index in [0.29, 0.717) is 31.1 Å². The van der Waals surface area contributed by atoms with E-state index in [4.69, 9.17) is 9.72 Å². The molecule has 0 aliphatic carbocycles. The van der Waals surface area contributed by atoms with Crippen molar-refractivity contribution in [3.63, 3.8) is 0 Å². The van der Waals surface area contributed by atoms with Gasteiger partial charge >= 0.3 is 0 Å². The highest BCUT2D eigenvalue weighted by molar-refractivity contribution is 5.94. The van der Waals surface area contributed by atoms with Crippen molar-refractivity contribution in [1.82, 2.24) is 19.9 Å². The van der Waals surface area contributed by atoms with Gasteiger partial charge in [0, 0.05) is 63.3 Å². The Kier molecular flexibility index (Phi) is 5.78. The van der Waals surface area contributed by atoms with Gasteiger partial charge in [0.25, 0.3) is 5.91 Å². The van der Waals surface area contributed by atoms with Crippen LogP contribution in [-0.2, 0) is 0 Å². The van der Waals surface area contributed by atoms with Gasteiger partial charge in [-0.3, -0.25) is 4.79 Å². The number of hydrogen-bond donors (Lipinski definition) is 0. The predicted octanol–water partition coefficient (Wildman–Crippen LogP) is 2.14. The van der Waals surface area contributed by atoms with Crippen molar-refractivity contribution in [2.75, 3.05) is 55.7 Å². The van der Waals surface area contributed by atoms with Crippen LogP contribution < -0.4 is 14.5 Å². The van der Waals surface area contributed by atoms with Crippen LogP contribution in [0, 0.1) is 6.92 Å². The fraction of sp³-hybridized carbons (Fsp3) is 0.524. The maximum absolute atomic E-state index is 12.8. The number of anilines is 2. The zero-order valence-corrected chi connectivity index (χ0v) is 17.2. The normalized spacial score (nSPS) is 17.0. The minimum atomic E-state index is 0.0109. The van der Waals surface area contributed by atoms with Gasteiger partial charge in [0.1, 0.15) is 5.82 Å². The number of hydrogen-bond acceptors (Lipinski definition) is 7. The molecule has 2 aromatic rings. The van der Waals surface area contributed by atoms with Crippen molar-refractivity contribution >= 4 is 17.7 Å². The quantitative estimate of drug-likeness (QED) is 0.766. The van der Waals surface area contributed by atoms with Crippen molar-refractivity contribution in [3.05, 3.63) is 35.7 Å². The summed E-state index contributed by atoms with van der Waals surface area (Å²) in [5.41, 5.74) is 1.58. The predicted molar refractivity (Wildman–Crippen MR) is 112 cm³/mol. The van der Waals surface area contributed by atoms with E-state index in [-0.39, 0.29) is 5.91 Å². The van der Waals surface area contributed by atoms with Gasteiger partial charge in [0.2, 0.25) is 11.8 Å². The van der Waals surface area contributed by atoms with Gasteiger partial charge in [-0.2, -0.15) is 4.98 Å². The molecule has 8 heteroatoms. The summed E-state index contributed by atoms with van der Waals surface area (Å²) in [6.45, 7) is 9.38. The van der Waals surface area contributed by atoms with E-state index in [1.807, 2.05) is 24.8 Å². The van der Waals surface area contributed by atoms with Crippen molar-refractivity contribution in [2.24, 2.45) is 0 Å². The SMILES string of the molecule is CCOc1ccc(C(=O)N2CCN(c3cc(C)nc(N4CCCC4)n3)CC2)cn1. The molecule has 2 aliphatic rings. The molecule has 4 rings (SSSR count). The molecule has 2 aliphatic heterocycles. The minimum Gasteiger partial charge on any atom is -0.478 e. The lowest BCUT2D eigenvalue weighted by Gasteiger charge is -2.35. The lowest BCUT2D eigenvalue weighted by atomic mass is 10.2. The highest BCUT2D eigenvalue weighted by Crippen LogP contribution is 2.22. The van der Waals surface area contributed by atoms with Crippen molar-refractivity contribution < 1.29 is 9.53 Å². The molecule has 4 heterocycles. The number of amides is 1. The molecule has 2 aromatic heterocycles. The first-order chi connectivity index (χ1) is 14.1. The maximum atomic E-state index is 12.8. The second kappa shape index (κ2) is 8.63. The van der Waals surface area contributed by atoms with E-state index >= 15 is 0 Å². The van der Waals surface area contributed by atoms with Crippen molar-refractivity contribution in [2.45, 2.75) is 26.7 Å². The fourth-order valence-corrected chi connectivity index (χ4v) is 3.82. The van der Waals surface area contributed by atoms with Gasteiger partial charge < -0.3 is 19.4 Å². The van der Waals surface area contributed by atoms with E-state index in [2.05, 4.69) is 19.8 Å². The lowest BCUT2D eigenvalue weighted by Crippen LogP contribution is -2.49. The largest absolute Gasteiger partial charge is 0.478 e. The molecule has 1 amide bonds. The van der Waals surface area contributed by atoms with Crippen LogP contribution in [0.1, 0.15) is 35.8 Å². The third-order valence-corrected chi connectivity index (χ3v) is 5.38.